The molecule has 2 aromatic rings. The number of nitrogens with zero attached hydrogens (tertiary/aromatic N) is 2. The largest absolute Gasteiger partial charge is 0.451 e. The first-order chi connectivity index (χ1) is 7.08. The average Bonchev–Trinajstić information content (AvgIpc) is 2.65. The van der Waals surface area contributed by atoms with Gasteiger partial charge in [-0.25, -0.2) is 4.68 Å². The molecule has 0 bridgehead atoms. The smallest absolute Gasteiger partial charge is 0.183 e. The summed E-state index contributed by atoms with van der Waals surface area (Å²) in [6.07, 6.45) is 1.66. The summed E-state index contributed by atoms with van der Waals surface area (Å²) >= 11 is 9.90. The molecular formula is C8H6Br3N3O. The summed E-state index contributed by atoms with van der Waals surface area (Å²) in [4.78, 5) is 0. The van der Waals surface area contributed by atoms with Gasteiger partial charge in [0, 0.05) is 0 Å². The van der Waals surface area contributed by atoms with E-state index in [9.17, 15) is 0 Å². The second kappa shape index (κ2) is 4.31. The quantitative estimate of drug-likeness (QED) is 0.842. The predicted molar refractivity (Wildman–Crippen MR) is 67.5 cm³/mol. The van der Waals surface area contributed by atoms with Crippen molar-refractivity contribution in [2.75, 3.05) is 5.73 Å². The van der Waals surface area contributed by atoms with Gasteiger partial charge in [0.1, 0.15) is 18.1 Å². The highest BCUT2D eigenvalue weighted by molar-refractivity contribution is 9.13. The van der Waals surface area contributed by atoms with E-state index in [-0.39, 0.29) is 0 Å². The Bertz CT molecular complexity index is 472. The molecule has 2 heterocycles. The molecule has 0 saturated heterocycles. The lowest BCUT2D eigenvalue weighted by molar-refractivity contribution is 0.463. The van der Waals surface area contributed by atoms with Gasteiger partial charge in [-0.1, -0.05) is 0 Å². The van der Waals surface area contributed by atoms with Crippen LogP contribution in [0.4, 0.5) is 5.82 Å². The number of rotatable bonds is 2. The van der Waals surface area contributed by atoms with E-state index < -0.39 is 0 Å². The summed E-state index contributed by atoms with van der Waals surface area (Å²) in [7, 11) is 0. The van der Waals surface area contributed by atoms with Gasteiger partial charge in [-0.2, -0.15) is 5.10 Å². The van der Waals surface area contributed by atoms with Crippen LogP contribution in [0.5, 0.6) is 0 Å². The Labute approximate surface area is 111 Å². The van der Waals surface area contributed by atoms with Gasteiger partial charge in [-0.15, -0.1) is 0 Å². The molecule has 0 atom stereocenters. The van der Waals surface area contributed by atoms with E-state index in [0.717, 1.165) is 14.7 Å². The zero-order valence-corrected chi connectivity index (χ0v) is 12.1. The van der Waals surface area contributed by atoms with E-state index in [2.05, 4.69) is 52.9 Å². The molecule has 0 spiro atoms. The second-order valence-corrected chi connectivity index (χ2v) is 5.30. The van der Waals surface area contributed by atoms with Crippen LogP contribution in [0.1, 0.15) is 5.76 Å². The van der Waals surface area contributed by atoms with Crippen LogP contribution in [0.15, 0.2) is 30.3 Å². The molecule has 80 valence electrons. The molecule has 7 heteroatoms. The van der Waals surface area contributed by atoms with E-state index in [1.165, 1.54) is 0 Å². The highest BCUT2D eigenvalue weighted by Gasteiger charge is 2.10. The Hall–Kier alpha value is -0.270. The molecule has 0 saturated carbocycles. The second-order valence-electron chi connectivity index (χ2n) is 2.87. The van der Waals surface area contributed by atoms with Crippen molar-refractivity contribution >= 4 is 53.6 Å². The minimum atomic E-state index is 0.502. The number of halogens is 3. The van der Waals surface area contributed by atoms with Crippen molar-refractivity contribution in [2.24, 2.45) is 0 Å². The normalized spacial score (nSPS) is 10.9. The number of nitrogen functional groups attached to an aromatic ring is 1. The van der Waals surface area contributed by atoms with E-state index >= 15 is 0 Å². The van der Waals surface area contributed by atoms with Crippen LogP contribution < -0.4 is 5.73 Å². The molecular weight excluding hydrogens is 394 g/mol. The molecule has 4 nitrogen and oxygen atoms in total. The first-order valence-electron chi connectivity index (χ1n) is 3.98. The van der Waals surface area contributed by atoms with Crippen molar-refractivity contribution in [3.8, 4) is 0 Å². The van der Waals surface area contributed by atoms with Gasteiger partial charge in [0.05, 0.1) is 15.1 Å². The third-order valence-corrected chi connectivity index (χ3v) is 4.16. The van der Waals surface area contributed by atoms with Crippen LogP contribution in [0.3, 0.4) is 0 Å². The summed E-state index contributed by atoms with van der Waals surface area (Å²) in [6.45, 7) is 0.502. The van der Waals surface area contributed by atoms with Gasteiger partial charge >= 0.3 is 0 Å². The minimum absolute atomic E-state index is 0.502. The van der Waals surface area contributed by atoms with Crippen LogP contribution in [0.2, 0.25) is 0 Å². The lowest BCUT2D eigenvalue weighted by Gasteiger charge is -2.00. The van der Waals surface area contributed by atoms with Crippen molar-refractivity contribution < 1.29 is 4.42 Å². The summed E-state index contributed by atoms with van der Waals surface area (Å²) in [5, 5.41) is 4.10. The fourth-order valence-electron chi connectivity index (χ4n) is 1.11. The van der Waals surface area contributed by atoms with Crippen LogP contribution in [0, 0.1) is 0 Å². The lowest BCUT2D eigenvalue weighted by Crippen LogP contribution is -2.05. The zero-order chi connectivity index (χ0) is 11.0. The maximum absolute atomic E-state index is 5.78. The molecule has 0 amide bonds. The number of furan rings is 1. The highest BCUT2D eigenvalue weighted by atomic mass is 79.9. The predicted octanol–water partition coefficient (Wildman–Crippen LogP) is 3.39. The van der Waals surface area contributed by atoms with Crippen molar-refractivity contribution in [3.63, 3.8) is 0 Å². The van der Waals surface area contributed by atoms with Gasteiger partial charge in [0.25, 0.3) is 0 Å². The highest BCUT2D eigenvalue weighted by Crippen LogP contribution is 2.28. The van der Waals surface area contributed by atoms with Crippen molar-refractivity contribution in [2.45, 2.75) is 6.54 Å². The fraction of sp³-hybridized carbons (Fsp3) is 0.125. The van der Waals surface area contributed by atoms with Gasteiger partial charge in [-0.3, -0.25) is 0 Å². The summed E-state index contributed by atoms with van der Waals surface area (Å²) < 4.78 is 9.41. The SMILES string of the molecule is Nc1c(Br)cnn1Cc1cc(Br)c(Br)o1. The Morgan fingerprint density at radius 1 is 1.33 bits per heavy atom. The number of anilines is 1. The molecule has 0 radical (unpaired) electrons. The van der Waals surface area contributed by atoms with E-state index in [0.29, 0.717) is 17.0 Å². The van der Waals surface area contributed by atoms with Crippen LogP contribution >= 0.6 is 47.8 Å². The maximum atomic E-state index is 5.78. The number of hydrogen-bond donors (Lipinski definition) is 1. The maximum Gasteiger partial charge on any atom is 0.183 e. The molecule has 0 unspecified atom stereocenters. The van der Waals surface area contributed by atoms with E-state index in [4.69, 9.17) is 10.2 Å². The van der Waals surface area contributed by atoms with Crippen LogP contribution in [-0.4, -0.2) is 9.78 Å². The molecule has 0 aromatic carbocycles. The molecule has 0 fully saturated rings. The third kappa shape index (κ3) is 2.29. The molecule has 0 aliphatic rings. The molecule has 2 rings (SSSR count). The topological polar surface area (TPSA) is 57.0 Å². The number of nitrogens with two attached hydrogens (primary N) is 1. The van der Waals surface area contributed by atoms with Gasteiger partial charge in [-0.05, 0) is 53.9 Å². The summed E-state index contributed by atoms with van der Waals surface area (Å²) in [6, 6.07) is 1.87. The Morgan fingerprint density at radius 2 is 2.07 bits per heavy atom. The van der Waals surface area contributed by atoms with Gasteiger partial charge in [0.15, 0.2) is 4.67 Å². The number of hydrogen-bond acceptors (Lipinski definition) is 3. The van der Waals surface area contributed by atoms with Crippen LogP contribution in [0.25, 0.3) is 0 Å². The van der Waals surface area contributed by atoms with Crippen LogP contribution in [-0.2, 0) is 6.54 Å². The van der Waals surface area contributed by atoms with Gasteiger partial charge < -0.3 is 10.2 Å². The molecule has 2 N–H and O–H groups in total. The van der Waals surface area contributed by atoms with E-state index in [1.807, 2.05) is 6.07 Å². The standard InChI is InChI=1S/C8H6Br3N3O/c9-5-1-4(15-7(5)11)3-14-8(12)6(10)2-13-14/h1-2H,3,12H2. The Kier molecular flexibility index (Phi) is 3.22. The van der Waals surface area contributed by atoms with Gasteiger partial charge in [0.2, 0.25) is 0 Å². The number of aromatic nitrogens is 2. The first-order valence-corrected chi connectivity index (χ1v) is 6.36. The van der Waals surface area contributed by atoms with E-state index in [1.54, 1.807) is 10.9 Å². The monoisotopic (exact) mass is 397 g/mol. The summed E-state index contributed by atoms with van der Waals surface area (Å²) in [5.41, 5.74) is 5.78. The molecule has 15 heavy (non-hydrogen) atoms. The Morgan fingerprint density at radius 3 is 2.53 bits per heavy atom. The summed E-state index contributed by atoms with van der Waals surface area (Å²) in [5.74, 6) is 1.36. The zero-order valence-electron chi connectivity index (χ0n) is 7.38. The molecule has 0 aliphatic carbocycles. The van der Waals surface area contributed by atoms with Crippen molar-refractivity contribution in [1.82, 2.24) is 9.78 Å². The molecule has 0 aliphatic heterocycles. The first kappa shape index (κ1) is 11.2. The fourth-order valence-corrected chi connectivity index (χ4v) is 2.07. The lowest BCUT2D eigenvalue weighted by atomic mass is 10.4. The third-order valence-electron chi connectivity index (χ3n) is 1.84. The molecule has 2 aromatic heterocycles. The Balaban J connectivity index is 2.25. The minimum Gasteiger partial charge on any atom is -0.451 e. The van der Waals surface area contributed by atoms with Crippen molar-refractivity contribution in [3.05, 3.63) is 31.6 Å². The average molecular weight is 400 g/mol. The van der Waals surface area contributed by atoms with Crippen molar-refractivity contribution in [1.29, 1.82) is 0 Å².